The summed E-state index contributed by atoms with van der Waals surface area (Å²) in [6.07, 6.45) is 0.892. The first-order valence-corrected chi connectivity index (χ1v) is 17.6. The van der Waals surface area contributed by atoms with E-state index in [1.54, 1.807) is 0 Å². The average molecular weight is 651 g/mol. The van der Waals surface area contributed by atoms with Crippen molar-refractivity contribution >= 4 is 43.6 Å². The fourth-order valence-electron chi connectivity index (χ4n) is 7.92. The van der Waals surface area contributed by atoms with Crippen LogP contribution < -0.4 is 0 Å². The van der Waals surface area contributed by atoms with Crippen molar-refractivity contribution in [2.24, 2.45) is 0 Å². The van der Waals surface area contributed by atoms with Gasteiger partial charge in [0.05, 0.1) is 22.1 Å². The topological polar surface area (TPSA) is 9.86 Å². The Kier molecular flexibility index (Phi) is 6.92. The van der Waals surface area contributed by atoms with Crippen LogP contribution in [0.15, 0.2) is 194 Å². The zero-order chi connectivity index (χ0) is 33.7. The van der Waals surface area contributed by atoms with E-state index in [-0.39, 0.29) is 0 Å². The van der Waals surface area contributed by atoms with Gasteiger partial charge >= 0.3 is 0 Å². The van der Waals surface area contributed by atoms with Crippen LogP contribution in [-0.2, 0) is 6.42 Å². The van der Waals surface area contributed by atoms with Crippen molar-refractivity contribution in [1.82, 2.24) is 9.13 Å². The molecule has 0 aliphatic rings. The molecule has 0 radical (unpaired) electrons. The highest BCUT2D eigenvalue weighted by Crippen LogP contribution is 2.35. The third-order valence-electron chi connectivity index (χ3n) is 10.4. The molecule has 0 N–H and O–H groups in total. The Morgan fingerprint density at radius 1 is 0.275 bits per heavy atom. The van der Waals surface area contributed by atoms with Gasteiger partial charge in [0.15, 0.2) is 0 Å². The minimum atomic E-state index is 0.892. The second kappa shape index (κ2) is 12.0. The smallest absolute Gasteiger partial charge is 0.0541 e. The van der Waals surface area contributed by atoms with E-state index >= 15 is 0 Å². The van der Waals surface area contributed by atoms with Gasteiger partial charge in [-0.2, -0.15) is 0 Å². The molecule has 0 amide bonds. The second-order valence-corrected chi connectivity index (χ2v) is 13.4. The maximum absolute atomic E-state index is 2.38. The molecule has 0 atom stereocenters. The van der Waals surface area contributed by atoms with Gasteiger partial charge in [-0.1, -0.05) is 146 Å². The van der Waals surface area contributed by atoms with Gasteiger partial charge in [0.2, 0.25) is 0 Å². The summed E-state index contributed by atoms with van der Waals surface area (Å²) in [5.41, 5.74) is 14.8. The van der Waals surface area contributed by atoms with Gasteiger partial charge in [-0.15, -0.1) is 0 Å². The average Bonchev–Trinajstić information content (AvgIpc) is 3.72. The Balaban J connectivity index is 0.902. The van der Waals surface area contributed by atoms with Gasteiger partial charge in [0.1, 0.15) is 0 Å². The Hall–Kier alpha value is -6.64. The monoisotopic (exact) mass is 650 g/mol. The molecule has 2 heterocycles. The highest BCUT2D eigenvalue weighted by atomic mass is 15.0. The van der Waals surface area contributed by atoms with Crippen LogP contribution in [0.1, 0.15) is 11.1 Å². The molecular formula is C49H34N2. The molecule has 51 heavy (non-hydrogen) atoms. The van der Waals surface area contributed by atoms with Crippen molar-refractivity contribution in [3.63, 3.8) is 0 Å². The summed E-state index contributed by atoms with van der Waals surface area (Å²) in [6, 6.07) is 70.6. The fourth-order valence-corrected chi connectivity index (χ4v) is 7.92. The largest absolute Gasteiger partial charge is 0.309 e. The lowest BCUT2D eigenvalue weighted by Crippen LogP contribution is -1.94. The number of hydrogen-bond acceptors (Lipinski definition) is 0. The third-order valence-corrected chi connectivity index (χ3v) is 10.4. The minimum absolute atomic E-state index is 0.892. The Morgan fingerprint density at radius 2 is 0.608 bits per heavy atom. The van der Waals surface area contributed by atoms with Crippen molar-refractivity contribution in [3.05, 3.63) is 205 Å². The molecule has 2 heteroatoms. The summed E-state index contributed by atoms with van der Waals surface area (Å²) in [5, 5.41) is 5.13. The fraction of sp³-hybridized carbons (Fsp3) is 0.0204. The number of fused-ring (bicyclic) bond motifs is 6. The Bertz CT molecular complexity index is 2560. The zero-order valence-corrected chi connectivity index (χ0v) is 28.1. The zero-order valence-electron chi connectivity index (χ0n) is 28.1. The molecule has 0 unspecified atom stereocenters. The predicted molar refractivity (Wildman–Crippen MR) is 215 cm³/mol. The SMILES string of the molecule is c1cc(-c2ccc(Cc3ccc(-c4cccc(-n5c6ccccc6c6ccccc65)c4)cc3)cc2)cc(-n2c3ccccc3c3ccccc32)c1. The van der Waals surface area contributed by atoms with Crippen molar-refractivity contribution in [1.29, 1.82) is 0 Å². The molecular weight excluding hydrogens is 617 g/mol. The number of nitrogens with zero attached hydrogens (tertiary/aromatic N) is 2. The van der Waals surface area contributed by atoms with Gasteiger partial charge in [-0.05, 0) is 88.3 Å². The molecule has 10 aromatic rings. The van der Waals surface area contributed by atoms with Crippen molar-refractivity contribution < 1.29 is 0 Å². The lowest BCUT2D eigenvalue weighted by atomic mass is 9.98. The van der Waals surface area contributed by atoms with E-state index in [0.29, 0.717) is 0 Å². The van der Waals surface area contributed by atoms with E-state index in [4.69, 9.17) is 0 Å². The highest BCUT2D eigenvalue weighted by molar-refractivity contribution is 6.10. The normalized spacial score (nSPS) is 11.6. The molecule has 0 fully saturated rings. The molecule has 240 valence electrons. The molecule has 2 nitrogen and oxygen atoms in total. The van der Waals surface area contributed by atoms with E-state index in [1.165, 1.54) is 88.4 Å². The van der Waals surface area contributed by atoms with E-state index in [1.807, 2.05) is 0 Å². The predicted octanol–water partition coefficient (Wildman–Crippen LogP) is 12.8. The summed E-state index contributed by atoms with van der Waals surface area (Å²) in [7, 11) is 0. The molecule has 0 bridgehead atoms. The van der Waals surface area contributed by atoms with Crippen LogP contribution >= 0.6 is 0 Å². The maximum atomic E-state index is 2.38. The number of benzene rings is 8. The van der Waals surface area contributed by atoms with Crippen LogP contribution in [0, 0.1) is 0 Å². The first-order valence-electron chi connectivity index (χ1n) is 17.6. The summed E-state index contributed by atoms with van der Waals surface area (Å²) >= 11 is 0. The van der Waals surface area contributed by atoms with Crippen LogP contribution in [0.2, 0.25) is 0 Å². The van der Waals surface area contributed by atoms with Gasteiger partial charge in [0, 0.05) is 32.9 Å². The highest BCUT2D eigenvalue weighted by Gasteiger charge is 2.14. The molecule has 10 rings (SSSR count). The second-order valence-electron chi connectivity index (χ2n) is 13.4. The van der Waals surface area contributed by atoms with Crippen LogP contribution in [0.25, 0.3) is 77.2 Å². The van der Waals surface area contributed by atoms with Gasteiger partial charge < -0.3 is 9.13 Å². The number of aromatic nitrogens is 2. The van der Waals surface area contributed by atoms with Crippen molar-refractivity contribution in [2.75, 3.05) is 0 Å². The van der Waals surface area contributed by atoms with E-state index < -0.39 is 0 Å². The molecule has 8 aromatic carbocycles. The number of rotatable bonds is 6. The Labute approximate surface area is 297 Å². The van der Waals surface area contributed by atoms with Crippen LogP contribution in [0.4, 0.5) is 0 Å². The molecule has 0 saturated heterocycles. The van der Waals surface area contributed by atoms with Crippen LogP contribution in [0.5, 0.6) is 0 Å². The molecule has 0 aliphatic carbocycles. The lowest BCUT2D eigenvalue weighted by Gasteiger charge is -2.11. The van der Waals surface area contributed by atoms with Crippen molar-refractivity contribution in [2.45, 2.75) is 6.42 Å². The summed E-state index contributed by atoms with van der Waals surface area (Å²) in [6.45, 7) is 0. The van der Waals surface area contributed by atoms with Crippen molar-refractivity contribution in [3.8, 4) is 33.6 Å². The number of hydrogen-bond donors (Lipinski definition) is 0. The molecule has 2 aromatic heterocycles. The van der Waals surface area contributed by atoms with Gasteiger partial charge in [0.25, 0.3) is 0 Å². The van der Waals surface area contributed by atoms with E-state index in [0.717, 1.165) is 6.42 Å². The standard InChI is InChI=1S/C49H34N2/c1-5-19-46-42(15-1)43-16-2-6-20-47(43)50(46)40-13-9-11-38(32-40)36-27-23-34(24-28-36)31-35-25-29-37(30-26-35)39-12-10-14-41(33-39)51-48-21-7-3-17-44(48)45-18-4-8-22-49(45)51/h1-30,32-33H,31H2. The molecule has 0 spiro atoms. The molecule has 0 aliphatic heterocycles. The van der Waals surface area contributed by atoms with Gasteiger partial charge in [-0.25, -0.2) is 0 Å². The summed E-state index contributed by atoms with van der Waals surface area (Å²) in [5.74, 6) is 0. The summed E-state index contributed by atoms with van der Waals surface area (Å²) in [4.78, 5) is 0. The first-order chi connectivity index (χ1) is 25.3. The lowest BCUT2D eigenvalue weighted by molar-refractivity contribution is 1.18. The number of para-hydroxylation sites is 4. The van der Waals surface area contributed by atoms with E-state index in [2.05, 4.69) is 203 Å². The Morgan fingerprint density at radius 3 is 0.961 bits per heavy atom. The van der Waals surface area contributed by atoms with Crippen LogP contribution in [0.3, 0.4) is 0 Å². The minimum Gasteiger partial charge on any atom is -0.309 e. The first kappa shape index (κ1) is 29.3. The molecule has 0 saturated carbocycles. The third kappa shape index (κ3) is 5.04. The quantitative estimate of drug-likeness (QED) is 0.169. The van der Waals surface area contributed by atoms with Gasteiger partial charge in [-0.3, -0.25) is 0 Å². The maximum Gasteiger partial charge on any atom is 0.0541 e. The van der Waals surface area contributed by atoms with Crippen LogP contribution in [-0.4, -0.2) is 9.13 Å². The van der Waals surface area contributed by atoms with E-state index in [9.17, 15) is 0 Å². The summed E-state index contributed by atoms with van der Waals surface area (Å²) < 4.78 is 4.76.